The molecular formula is C48H42N12O5S2. The van der Waals surface area contributed by atoms with Crippen LogP contribution >= 0.6 is 0 Å². The van der Waals surface area contributed by atoms with Crippen LogP contribution in [0.2, 0.25) is 0 Å². The molecule has 10 rings (SSSR count). The van der Waals surface area contributed by atoms with Crippen LogP contribution in [0.1, 0.15) is 11.1 Å². The Bertz CT molecular complexity index is 3590. The third-order valence-corrected chi connectivity index (χ3v) is 12.0. The lowest BCUT2D eigenvalue weighted by molar-refractivity contribution is 0.595. The molecule has 0 unspecified atom stereocenters. The molecule has 6 heterocycles. The normalized spacial score (nSPS) is 11.3. The monoisotopic (exact) mass is 930 g/mol. The van der Waals surface area contributed by atoms with Gasteiger partial charge in [-0.1, -0.05) is 121 Å². The highest BCUT2D eigenvalue weighted by Gasteiger charge is 2.18. The number of fused-ring (bicyclic) bond motifs is 2. The Labute approximate surface area is 384 Å². The standard InChI is InChI=1S/C24H20N6O2S.C17H13N5O3S.C7H9N/c25-33(31,32)20-13-19(15-26-16-20)23-28-24(27-14-17-7-3-1-4-8-17)22-21(11-12-30(22)29-23)18-9-5-2-6-10-18;18-26(24,25)13-8-12(9-19-10-13)16-20-17(23)15-14(6-7-22(15)21-16)11-4-2-1-3-5-11;8-6-7-4-2-1-3-5-7/h1-13,15-16H,14H2,(H2,25,31,32)(H,27,28,29);1-10H,(H2,18,24,25)(H,20,21,23);1-5H,6,8H2. The van der Waals surface area contributed by atoms with E-state index in [0.717, 1.165) is 39.5 Å². The van der Waals surface area contributed by atoms with E-state index in [1.807, 2.05) is 134 Å². The Kier molecular flexibility index (Phi) is 13.5. The minimum absolute atomic E-state index is 0.0972. The lowest BCUT2D eigenvalue weighted by atomic mass is 10.1. The molecule has 10 aromatic rings. The molecule has 0 saturated carbocycles. The van der Waals surface area contributed by atoms with Crippen LogP contribution in [-0.4, -0.2) is 56.0 Å². The zero-order valence-electron chi connectivity index (χ0n) is 35.5. The summed E-state index contributed by atoms with van der Waals surface area (Å²) in [6.07, 6.45) is 8.79. The fraction of sp³-hybridized carbons (Fsp3) is 0.0417. The fourth-order valence-electron chi connectivity index (χ4n) is 6.93. The Morgan fingerprint density at radius 2 is 1.03 bits per heavy atom. The highest BCUT2D eigenvalue weighted by Crippen LogP contribution is 2.32. The van der Waals surface area contributed by atoms with Crippen molar-refractivity contribution in [2.45, 2.75) is 22.9 Å². The van der Waals surface area contributed by atoms with Crippen LogP contribution in [0.5, 0.6) is 0 Å². The summed E-state index contributed by atoms with van der Waals surface area (Å²) >= 11 is 0. The summed E-state index contributed by atoms with van der Waals surface area (Å²) in [4.78, 5) is 27.7. The predicted molar refractivity (Wildman–Crippen MR) is 257 cm³/mol. The molecule has 19 heteroatoms. The van der Waals surface area contributed by atoms with Gasteiger partial charge in [0.15, 0.2) is 17.5 Å². The Morgan fingerprint density at radius 1 is 0.552 bits per heavy atom. The minimum atomic E-state index is -3.91. The maximum Gasteiger partial charge on any atom is 0.276 e. The predicted octanol–water partition coefficient (Wildman–Crippen LogP) is 6.26. The molecule has 0 aliphatic heterocycles. The molecule has 0 spiro atoms. The number of nitrogens with one attached hydrogen (secondary N) is 2. The number of aromatic amines is 1. The summed E-state index contributed by atoms with van der Waals surface area (Å²) in [6.45, 7) is 1.20. The molecule has 67 heavy (non-hydrogen) atoms. The van der Waals surface area contributed by atoms with Crippen molar-refractivity contribution in [3.05, 3.63) is 204 Å². The average Bonchev–Trinajstić information content (AvgIpc) is 4.00. The molecule has 0 atom stereocenters. The molecule has 6 aromatic heterocycles. The summed E-state index contributed by atoms with van der Waals surface area (Å²) < 4.78 is 49.8. The van der Waals surface area contributed by atoms with Gasteiger partial charge < -0.3 is 16.0 Å². The summed E-state index contributed by atoms with van der Waals surface area (Å²) in [5.74, 6) is 1.13. The van der Waals surface area contributed by atoms with Crippen molar-refractivity contribution < 1.29 is 16.8 Å². The topological polar surface area (TPSA) is 264 Å². The Hall–Kier alpha value is -8.20. The van der Waals surface area contributed by atoms with Crippen molar-refractivity contribution in [1.82, 2.24) is 39.2 Å². The summed E-state index contributed by atoms with van der Waals surface area (Å²) in [6, 6.07) is 46.0. The highest BCUT2D eigenvalue weighted by molar-refractivity contribution is 7.89. The molecule has 4 aromatic carbocycles. The number of nitrogens with two attached hydrogens (primary N) is 3. The third-order valence-electron chi connectivity index (χ3n) is 10.2. The van der Waals surface area contributed by atoms with E-state index in [-0.39, 0.29) is 21.2 Å². The highest BCUT2D eigenvalue weighted by atomic mass is 32.2. The first-order valence-electron chi connectivity index (χ1n) is 20.5. The first-order valence-corrected chi connectivity index (χ1v) is 23.5. The number of benzene rings is 4. The van der Waals surface area contributed by atoms with Gasteiger partial charge in [0.25, 0.3) is 5.56 Å². The molecule has 8 N–H and O–H groups in total. The van der Waals surface area contributed by atoms with Gasteiger partial charge in [-0.3, -0.25) is 14.8 Å². The van der Waals surface area contributed by atoms with Crippen LogP contribution in [-0.2, 0) is 33.1 Å². The number of hydrogen-bond acceptors (Lipinski definition) is 12. The summed E-state index contributed by atoms with van der Waals surface area (Å²) in [7, 11) is -7.81. The lowest BCUT2D eigenvalue weighted by Crippen LogP contribution is -2.15. The van der Waals surface area contributed by atoms with Crippen molar-refractivity contribution >= 4 is 36.9 Å². The molecule has 0 saturated heterocycles. The largest absolute Gasteiger partial charge is 0.364 e. The first-order chi connectivity index (χ1) is 32.4. The van der Waals surface area contributed by atoms with Gasteiger partial charge in [-0.2, -0.15) is 0 Å². The van der Waals surface area contributed by atoms with Gasteiger partial charge in [-0.25, -0.2) is 41.1 Å². The van der Waals surface area contributed by atoms with E-state index in [2.05, 4.69) is 30.5 Å². The first kappa shape index (κ1) is 45.4. The number of pyridine rings is 2. The van der Waals surface area contributed by atoms with Gasteiger partial charge >= 0.3 is 0 Å². The number of nitrogens with zero attached hydrogens (tertiary/aromatic N) is 7. The second-order valence-corrected chi connectivity index (χ2v) is 17.9. The van der Waals surface area contributed by atoms with Gasteiger partial charge in [0.1, 0.15) is 20.8 Å². The quantitative estimate of drug-likeness (QED) is 0.102. The smallest absolute Gasteiger partial charge is 0.276 e. The van der Waals surface area contributed by atoms with Crippen LogP contribution in [0, 0.1) is 0 Å². The van der Waals surface area contributed by atoms with E-state index in [0.29, 0.717) is 41.4 Å². The zero-order chi connectivity index (χ0) is 47.0. The zero-order valence-corrected chi connectivity index (χ0v) is 37.1. The van der Waals surface area contributed by atoms with Crippen LogP contribution in [0.15, 0.2) is 197 Å². The maximum absolute atomic E-state index is 12.6. The summed E-state index contributed by atoms with van der Waals surface area (Å²) in [5, 5.41) is 22.8. The number of H-pyrrole nitrogens is 1. The molecule has 0 fully saturated rings. The minimum Gasteiger partial charge on any atom is -0.364 e. The van der Waals surface area contributed by atoms with Crippen LogP contribution in [0.4, 0.5) is 5.82 Å². The van der Waals surface area contributed by atoms with E-state index in [4.69, 9.17) is 21.0 Å². The van der Waals surface area contributed by atoms with Crippen LogP contribution in [0.3, 0.4) is 0 Å². The van der Waals surface area contributed by atoms with Gasteiger partial charge in [0.2, 0.25) is 20.0 Å². The second-order valence-electron chi connectivity index (χ2n) is 14.8. The van der Waals surface area contributed by atoms with Gasteiger partial charge in [0.05, 0.1) is 0 Å². The van der Waals surface area contributed by atoms with Gasteiger partial charge in [-0.05, 0) is 46.5 Å². The number of aromatic nitrogens is 8. The molecule has 0 radical (unpaired) electrons. The van der Waals surface area contributed by atoms with Crippen LogP contribution < -0.4 is 26.9 Å². The fourth-order valence-corrected chi connectivity index (χ4v) is 7.93. The molecule has 0 aliphatic rings. The molecule has 0 bridgehead atoms. The number of rotatable bonds is 10. The van der Waals surface area contributed by atoms with Gasteiger partial charge in [0, 0.05) is 72.5 Å². The van der Waals surface area contributed by atoms with Crippen molar-refractivity contribution in [2.24, 2.45) is 16.0 Å². The van der Waals surface area contributed by atoms with E-state index in [9.17, 15) is 21.6 Å². The van der Waals surface area contributed by atoms with Crippen molar-refractivity contribution in [1.29, 1.82) is 0 Å². The number of sulfonamides is 2. The van der Waals surface area contributed by atoms with Crippen molar-refractivity contribution in [3.63, 3.8) is 0 Å². The Balaban J connectivity index is 0.000000159. The number of primary sulfonamides is 2. The average molecular weight is 931 g/mol. The summed E-state index contributed by atoms with van der Waals surface area (Å²) in [5.41, 5.74) is 13.0. The molecular weight excluding hydrogens is 889 g/mol. The molecule has 336 valence electrons. The Morgan fingerprint density at radius 3 is 1.55 bits per heavy atom. The third kappa shape index (κ3) is 10.8. The maximum atomic E-state index is 12.6. The van der Waals surface area contributed by atoms with Gasteiger partial charge in [-0.15, -0.1) is 10.2 Å². The van der Waals surface area contributed by atoms with E-state index >= 15 is 0 Å². The molecule has 0 amide bonds. The molecule has 17 nitrogen and oxygen atoms in total. The van der Waals surface area contributed by atoms with E-state index in [1.54, 1.807) is 16.8 Å². The van der Waals surface area contributed by atoms with Crippen molar-refractivity contribution in [3.8, 4) is 45.0 Å². The lowest BCUT2D eigenvalue weighted by Gasteiger charge is -2.12. The van der Waals surface area contributed by atoms with E-state index < -0.39 is 20.0 Å². The number of anilines is 1. The number of hydrogen-bond donors (Lipinski definition) is 5. The van der Waals surface area contributed by atoms with E-state index in [1.165, 1.54) is 40.8 Å². The second kappa shape index (κ2) is 19.9. The SMILES string of the molecule is NCc1ccccc1.NS(=O)(=O)c1cncc(-c2nc(NCc3ccccc3)c3c(-c4ccccc4)ccn3n2)c1.NS(=O)(=O)c1cncc(-c2nn3ccc(-c4ccccc4)c3c(=O)[nH]2)c1. The molecule has 0 aliphatic carbocycles. The van der Waals surface area contributed by atoms with Crippen molar-refractivity contribution in [2.75, 3.05) is 5.32 Å². The van der Waals surface area contributed by atoms with Crippen LogP contribution in [0.25, 0.3) is 56.1 Å².